The number of likely N-dealkylation sites (tertiary alicyclic amines) is 1. The quantitative estimate of drug-likeness (QED) is 0.533. The molecule has 3 heterocycles. The molecule has 5 rings (SSSR count). The van der Waals surface area contributed by atoms with E-state index in [1.165, 1.54) is 4.31 Å². The Labute approximate surface area is 206 Å². The largest absolute Gasteiger partial charge is 0.425 e. The monoisotopic (exact) mass is 494 g/mol. The second kappa shape index (κ2) is 9.91. The Morgan fingerprint density at radius 2 is 1.57 bits per heavy atom. The maximum Gasteiger partial charge on any atom is 0.243 e. The number of sulfonamides is 1. The molecule has 8 nitrogen and oxygen atoms in total. The summed E-state index contributed by atoms with van der Waals surface area (Å²) in [6.07, 6.45) is 2.78. The maximum atomic E-state index is 13.7. The molecule has 2 atom stereocenters. The predicted octanol–water partition coefficient (Wildman–Crippen LogP) is 3.93. The molecule has 0 saturated carbocycles. The van der Waals surface area contributed by atoms with E-state index in [1.54, 1.807) is 37.3 Å². The van der Waals surface area contributed by atoms with Gasteiger partial charge in [-0.15, -0.1) is 10.2 Å². The Kier molecular flexibility index (Phi) is 6.71. The van der Waals surface area contributed by atoms with Crippen molar-refractivity contribution < 1.29 is 17.6 Å². The van der Waals surface area contributed by atoms with Gasteiger partial charge in [0, 0.05) is 32.5 Å². The van der Waals surface area contributed by atoms with Crippen molar-refractivity contribution in [3.8, 4) is 0 Å². The van der Waals surface area contributed by atoms with Gasteiger partial charge in [0.1, 0.15) is 0 Å². The van der Waals surface area contributed by atoms with Crippen LogP contribution >= 0.6 is 0 Å². The molecule has 0 aliphatic carbocycles. The highest BCUT2D eigenvalue weighted by Crippen LogP contribution is 2.38. The topological polar surface area (TPSA) is 96.6 Å². The summed E-state index contributed by atoms with van der Waals surface area (Å²) in [6, 6.07) is 17.9. The van der Waals surface area contributed by atoms with E-state index in [0.717, 1.165) is 18.4 Å². The van der Waals surface area contributed by atoms with Gasteiger partial charge in [-0.1, -0.05) is 48.5 Å². The van der Waals surface area contributed by atoms with Gasteiger partial charge in [0.15, 0.2) is 0 Å². The molecule has 2 saturated heterocycles. The lowest BCUT2D eigenvalue weighted by molar-refractivity contribution is -0.138. The van der Waals surface area contributed by atoms with Gasteiger partial charge in [-0.05, 0) is 43.4 Å². The number of aromatic nitrogens is 2. The highest BCUT2D eigenvalue weighted by molar-refractivity contribution is 7.89. The van der Waals surface area contributed by atoms with Crippen LogP contribution in [0.15, 0.2) is 70.0 Å². The number of piperidine rings is 2. The number of aryl methyl sites for hydroxylation is 1. The fraction of sp³-hybridized carbons (Fsp3) is 0.423. The average molecular weight is 495 g/mol. The number of hydrogen-bond acceptors (Lipinski definition) is 6. The molecule has 184 valence electrons. The molecule has 35 heavy (non-hydrogen) atoms. The summed E-state index contributed by atoms with van der Waals surface area (Å²) in [6.45, 7) is 3.17. The molecule has 1 aromatic heterocycles. The lowest BCUT2D eigenvalue weighted by Gasteiger charge is -2.41. The van der Waals surface area contributed by atoms with Crippen molar-refractivity contribution in [1.29, 1.82) is 0 Å². The van der Waals surface area contributed by atoms with Crippen LogP contribution in [0.3, 0.4) is 0 Å². The predicted molar refractivity (Wildman–Crippen MR) is 130 cm³/mol. The first-order valence-electron chi connectivity index (χ1n) is 12.1. The average Bonchev–Trinajstić information content (AvgIpc) is 3.35. The van der Waals surface area contributed by atoms with E-state index in [4.69, 9.17) is 4.42 Å². The molecule has 9 heteroatoms. The number of hydrogen-bond donors (Lipinski definition) is 0. The number of benzene rings is 2. The van der Waals surface area contributed by atoms with E-state index in [1.807, 2.05) is 35.2 Å². The third-order valence-electron chi connectivity index (χ3n) is 7.12. The molecule has 0 radical (unpaired) electrons. The van der Waals surface area contributed by atoms with Crippen molar-refractivity contribution in [2.45, 2.75) is 49.5 Å². The van der Waals surface area contributed by atoms with E-state index < -0.39 is 10.0 Å². The van der Waals surface area contributed by atoms with E-state index in [2.05, 4.69) is 10.2 Å². The van der Waals surface area contributed by atoms with Crippen molar-refractivity contribution in [3.63, 3.8) is 0 Å². The molecule has 1 amide bonds. The van der Waals surface area contributed by atoms with Crippen molar-refractivity contribution >= 4 is 15.9 Å². The summed E-state index contributed by atoms with van der Waals surface area (Å²) < 4.78 is 34.5. The standard InChI is InChI=1S/C26H30N4O4S/c1-19-27-28-25(34-19)21-14-16-29(17-15-21)26(31)22-12-13-24(20-8-4-2-5-9-20)30(18-22)35(32,33)23-10-6-3-7-11-23/h2-11,21-22,24H,12-18H2,1H3. The zero-order valence-electron chi connectivity index (χ0n) is 19.8. The van der Waals surface area contributed by atoms with Gasteiger partial charge < -0.3 is 9.32 Å². The van der Waals surface area contributed by atoms with Gasteiger partial charge in [-0.25, -0.2) is 8.42 Å². The van der Waals surface area contributed by atoms with Gasteiger partial charge in [-0.3, -0.25) is 4.79 Å². The van der Waals surface area contributed by atoms with E-state index in [0.29, 0.717) is 37.7 Å². The molecule has 2 aliphatic heterocycles. The summed E-state index contributed by atoms with van der Waals surface area (Å²) in [4.78, 5) is 15.6. The van der Waals surface area contributed by atoms with Crippen LogP contribution in [0.5, 0.6) is 0 Å². The van der Waals surface area contributed by atoms with Crippen LogP contribution in [0.25, 0.3) is 0 Å². The van der Waals surface area contributed by atoms with E-state index >= 15 is 0 Å². The molecule has 2 aliphatic rings. The van der Waals surface area contributed by atoms with Crippen LogP contribution in [0.4, 0.5) is 0 Å². The Balaban J connectivity index is 1.33. The Hall–Kier alpha value is -3.04. The fourth-order valence-electron chi connectivity index (χ4n) is 5.22. The van der Waals surface area contributed by atoms with Gasteiger partial charge in [-0.2, -0.15) is 4.31 Å². The molecule has 0 bridgehead atoms. The normalized spacial score (nSPS) is 22.3. The molecular weight excluding hydrogens is 464 g/mol. The number of carbonyl (C=O) groups is 1. The van der Waals surface area contributed by atoms with Crippen LogP contribution in [0.1, 0.15) is 55.0 Å². The Morgan fingerprint density at radius 3 is 2.20 bits per heavy atom. The first kappa shape index (κ1) is 23.7. The maximum absolute atomic E-state index is 13.7. The zero-order valence-corrected chi connectivity index (χ0v) is 20.6. The highest BCUT2D eigenvalue weighted by Gasteiger charge is 2.41. The van der Waals surface area contributed by atoms with Gasteiger partial charge in [0.05, 0.1) is 16.9 Å². The summed E-state index contributed by atoms with van der Waals surface area (Å²) in [5, 5.41) is 8.06. The number of amides is 1. The molecule has 0 spiro atoms. The summed E-state index contributed by atoms with van der Waals surface area (Å²) >= 11 is 0. The smallest absolute Gasteiger partial charge is 0.243 e. The second-order valence-electron chi connectivity index (χ2n) is 9.35. The molecule has 0 N–H and O–H groups in total. The summed E-state index contributed by atoms with van der Waals surface area (Å²) in [7, 11) is -3.76. The number of rotatable bonds is 5. The molecule has 3 aromatic rings. The number of nitrogens with zero attached hydrogens (tertiary/aromatic N) is 4. The first-order valence-corrected chi connectivity index (χ1v) is 13.6. The van der Waals surface area contributed by atoms with Crippen molar-refractivity contribution in [2.75, 3.05) is 19.6 Å². The zero-order chi connectivity index (χ0) is 24.4. The minimum Gasteiger partial charge on any atom is -0.425 e. The SMILES string of the molecule is Cc1nnc(C2CCN(C(=O)C3CCC(c4ccccc4)N(S(=O)(=O)c4ccccc4)C3)CC2)o1. The highest BCUT2D eigenvalue weighted by atomic mass is 32.2. The third-order valence-corrected chi connectivity index (χ3v) is 9.01. The van der Waals surface area contributed by atoms with Crippen LogP contribution in [0.2, 0.25) is 0 Å². The Bertz CT molecular complexity index is 1250. The minimum absolute atomic E-state index is 0.0323. The summed E-state index contributed by atoms with van der Waals surface area (Å²) in [5.41, 5.74) is 0.952. The van der Waals surface area contributed by atoms with Crippen LogP contribution in [0, 0.1) is 12.8 Å². The van der Waals surface area contributed by atoms with Gasteiger partial charge in [0.25, 0.3) is 0 Å². The second-order valence-corrected chi connectivity index (χ2v) is 11.2. The van der Waals surface area contributed by atoms with Gasteiger partial charge in [0.2, 0.25) is 27.7 Å². The lowest BCUT2D eigenvalue weighted by Crippen LogP contribution is -2.49. The van der Waals surface area contributed by atoms with Crippen LogP contribution < -0.4 is 0 Å². The van der Waals surface area contributed by atoms with Crippen molar-refractivity contribution in [1.82, 2.24) is 19.4 Å². The molecule has 2 aromatic carbocycles. The van der Waals surface area contributed by atoms with Crippen molar-refractivity contribution in [2.24, 2.45) is 5.92 Å². The molecular formula is C26H30N4O4S. The lowest BCUT2D eigenvalue weighted by atomic mass is 9.89. The molecule has 2 unspecified atom stereocenters. The minimum atomic E-state index is -3.76. The van der Waals surface area contributed by atoms with E-state index in [-0.39, 0.29) is 35.2 Å². The van der Waals surface area contributed by atoms with Crippen LogP contribution in [-0.4, -0.2) is 53.4 Å². The third kappa shape index (κ3) is 4.88. The van der Waals surface area contributed by atoms with Crippen molar-refractivity contribution in [3.05, 3.63) is 78.0 Å². The Morgan fingerprint density at radius 1 is 0.914 bits per heavy atom. The number of carbonyl (C=O) groups excluding carboxylic acids is 1. The van der Waals surface area contributed by atoms with Gasteiger partial charge >= 0.3 is 0 Å². The van der Waals surface area contributed by atoms with Crippen LogP contribution in [-0.2, 0) is 14.8 Å². The first-order chi connectivity index (χ1) is 16.9. The fourth-order valence-corrected chi connectivity index (χ4v) is 6.93. The summed E-state index contributed by atoms with van der Waals surface area (Å²) in [5.74, 6) is 1.01. The molecule has 2 fully saturated rings. The van der Waals surface area contributed by atoms with E-state index in [9.17, 15) is 13.2 Å².